The van der Waals surface area contributed by atoms with Gasteiger partial charge in [0.05, 0.1) is 13.1 Å². The van der Waals surface area contributed by atoms with E-state index in [4.69, 9.17) is 0 Å². The molecule has 1 rings (SSSR count). The molecular weight excluding hydrogens is 383 g/mol. The van der Waals surface area contributed by atoms with E-state index in [0.29, 0.717) is 0 Å². The number of aromatic nitrogens is 2. The Labute approximate surface area is 155 Å². The molecule has 1 heterocycles. The third-order valence-electron chi connectivity index (χ3n) is 4.29. The Bertz CT molecular complexity index is 305. The summed E-state index contributed by atoms with van der Waals surface area (Å²) in [7, 11) is 0. The standard InChI is InChI=1S/C19H37N2.HI/c1-3-5-7-9-11-13-15-20-17-18-21(19-20)16-14-12-10-8-6-4-2;/h17-19H,3-16H2,1-2H3;1H/q+1;/p-1. The van der Waals surface area contributed by atoms with Gasteiger partial charge in [-0.3, -0.25) is 0 Å². The van der Waals surface area contributed by atoms with E-state index in [-0.39, 0.29) is 24.0 Å². The number of hydrogen-bond donors (Lipinski definition) is 0. The minimum absolute atomic E-state index is 0. The van der Waals surface area contributed by atoms with Crippen molar-refractivity contribution in [3.05, 3.63) is 18.7 Å². The van der Waals surface area contributed by atoms with Crippen molar-refractivity contribution in [3.8, 4) is 0 Å². The lowest BCUT2D eigenvalue weighted by molar-refractivity contribution is -0.696. The molecule has 22 heavy (non-hydrogen) atoms. The van der Waals surface area contributed by atoms with Gasteiger partial charge in [-0.1, -0.05) is 65.2 Å². The monoisotopic (exact) mass is 420 g/mol. The Morgan fingerprint density at radius 2 is 1.27 bits per heavy atom. The van der Waals surface area contributed by atoms with E-state index in [0.717, 1.165) is 0 Å². The molecule has 0 aromatic carbocycles. The fourth-order valence-electron chi connectivity index (χ4n) is 2.85. The Kier molecular flexibility index (Phi) is 15.8. The van der Waals surface area contributed by atoms with Gasteiger partial charge in [0.2, 0.25) is 6.33 Å². The Morgan fingerprint density at radius 1 is 0.727 bits per heavy atom. The van der Waals surface area contributed by atoms with Crippen LogP contribution in [0.2, 0.25) is 0 Å². The van der Waals surface area contributed by atoms with Crippen LogP contribution in [0.3, 0.4) is 0 Å². The van der Waals surface area contributed by atoms with Crippen LogP contribution in [0.1, 0.15) is 90.9 Å². The maximum Gasteiger partial charge on any atom is 0.243 e. The predicted molar refractivity (Wildman–Crippen MR) is 91.4 cm³/mol. The second-order valence-corrected chi connectivity index (χ2v) is 6.42. The molecule has 1 aromatic rings. The van der Waals surface area contributed by atoms with Crippen LogP contribution in [0, 0.1) is 0 Å². The molecule has 0 atom stereocenters. The van der Waals surface area contributed by atoms with Gasteiger partial charge in [0.1, 0.15) is 12.4 Å². The van der Waals surface area contributed by atoms with Crippen molar-refractivity contribution in [3.63, 3.8) is 0 Å². The predicted octanol–water partition coefficient (Wildman–Crippen LogP) is 2.50. The van der Waals surface area contributed by atoms with Crippen molar-refractivity contribution in [2.24, 2.45) is 0 Å². The summed E-state index contributed by atoms with van der Waals surface area (Å²) in [4.78, 5) is 0. The van der Waals surface area contributed by atoms with Crippen LogP contribution in [-0.2, 0) is 13.1 Å². The van der Waals surface area contributed by atoms with Crippen LogP contribution in [0.4, 0.5) is 0 Å². The van der Waals surface area contributed by atoms with Crippen molar-refractivity contribution < 1.29 is 28.5 Å². The summed E-state index contributed by atoms with van der Waals surface area (Å²) < 4.78 is 4.72. The number of nitrogens with zero attached hydrogens (tertiary/aromatic N) is 2. The normalized spacial score (nSPS) is 10.6. The number of rotatable bonds is 14. The summed E-state index contributed by atoms with van der Waals surface area (Å²) in [6.45, 7) is 6.94. The molecule has 0 fully saturated rings. The smallest absolute Gasteiger partial charge is 0.243 e. The highest BCUT2D eigenvalue weighted by molar-refractivity contribution is 4.66. The summed E-state index contributed by atoms with van der Waals surface area (Å²) in [6, 6.07) is 0. The molecule has 130 valence electrons. The van der Waals surface area contributed by atoms with E-state index in [9.17, 15) is 0 Å². The highest BCUT2D eigenvalue weighted by Gasteiger charge is 2.03. The number of halogens is 1. The molecule has 0 N–H and O–H groups in total. The van der Waals surface area contributed by atoms with E-state index < -0.39 is 0 Å². The molecular formula is C19H37IN2. The number of hydrogen-bond acceptors (Lipinski definition) is 0. The first kappa shape index (κ1) is 21.9. The number of unbranched alkanes of at least 4 members (excludes halogenated alkanes) is 10. The number of imidazole rings is 1. The molecule has 0 saturated heterocycles. The molecule has 2 nitrogen and oxygen atoms in total. The first-order valence-corrected chi connectivity index (χ1v) is 9.41. The van der Waals surface area contributed by atoms with Gasteiger partial charge in [-0.2, -0.15) is 0 Å². The first-order valence-electron chi connectivity index (χ1n) is 9.41. The molecule has 0 aliphatic rings. The Morgan fingerprint density at radius 3 is 1.91 bits per heavy atom. The summed E-state index contributed by atoms with van der Waals surface area (Å²) in [5.74, 6) is 0. The van der Waals surface area contributed by atoms with Crippen molar-refractivity contribution in [1.29, 1.82) is 0 Å². The van der Waals surface area contributed by atoms with Crippen LogP contribution >= 0.6 is 0 Å². The van der Waals surface area contributed by atoms with Gasteiger partial charge in [0, 0.05) is 0 Å². The van der Waals surface area contributed by atoms with Gasteiger partial charge < -0.3 is 24.0 Å². The first-order chi connectivity index (χ1) is 10.4. The van der Waals surface area contributed by atoms with Gasteiger partial charge in [0.25, 0.3) is 0 Å². The van der Waals surface area contributed by atoms with E-state index in [1.54, 1.807) is 0 Å². The summed E-state index contributed by atoms with van der Waals surface area (Å²) >= 11 is 0. The van der Waals surface area contributed by atoms with Crippen molar-refractivity contribution in [1.82, 2.24) is 4.57 Å². The largest absolute Gasteiger partial charge is 1.00 e. The SMILES string of the molecule is CCCCCCCCn1cc[n+](CCCCCCCC)c1.[I-]. The highest BCUT2D eigenvalue weighted by atomic mass is 127. The average Bonchev–Trinajstić information content (AvgIpc) is 2.94. The van der Waals surface area contributed by atoms with Crippen molar-refractivity contribution in [2.45, 2.75) is 104 Å². The molecule has 1 aromatic heterocycles. The van der Waals surface area contributed by atoms with Crippen LogP contribution in [-0.4, -0.2) is 4.57 Å². The minimum Gasteiger partial charge on any atom is -1.00 e. The average molecular weight is 420 g/mol. The van der Waals surface area contributed by atoms with Crippen LogP contribution in [0.5, 0.6) is 0 Å². The van der Waals surface area contributed by atoms with Crippen molar-refractivity contribution >= 4 is 0 Å². The van der Waals surface area contributed by atoms with Gasteiger partial charge in [-0.15, -0.1) is 0 Å². The molecule has 0 saturated carbocycles. The maximum absolute atomic E-state index is 2.36. The van der Waals surface area contributed by atoms with Gasteiger partial charge in [-0.25, -0.2) is 9.13 Å². The highest BCUT2D eigenvalue weighted by Crippen LogP contribution is 2.06. The summed E-state index contributed by atoms with van der Waals surface area (Å²) in [6.07, 6.45) is 23.3. The molecule has 0 spiro atoms. The number of aryl methyl sites for hydroxylation is 2. The van der Waals surface area contributed by atoms with E-state index in [2.05, 4.69) is 41.7 Å². The van der Waals surface area contributed by atoms with Gasteiger partial charge in [-0.05, 0) is 25.7 Å². The summed E-state index contributed by atoms with van der Waals surface area (Å²) in [5, 5.41) is 0. The van der Waals surface area contributed by atoms with E-state index in [1.807, 2.05) is 0 Å². The lowest BCUT2D eigenvalue weighted by Gasteiger charge is -1.99. The maximum atomic E-state index is 2.36. The lowest BCUT2D eigenvalue weighted by atomic mass is 10.1. The quantitative estimate of drug-likeness (QED) is 0.249. The molecule has 0 amide bonds. The van der Waals surface area contributed by atoms with Crippen LogP contribution in [0.15, 0.2) is 18.7 Å². The Balaban J connectivity index is 0.00000441. The zero-order chi connectivity index (χ0) is 15.2. The van der Waals surface area contributed by atoms with E-state index >= 15 is 0 Å². The molecule has 3 heteroatoms. The fraction of sp³-hybridized carbons (Fsp3) is 0.842. The zero-order valence-electron chi connectivity index (χ0n) is 14.9. The second kappa shape index (κ2) is 15.8. The molecule has 0 unspecified atom stereocenters. The Hall–Kier alpha value is -0.0600. The third-order valence-corrected chi connectivity index (χ3v) is 4.29. The fourth-order valence-corrected chi connectivity index (χ4v) is 2.85. The molecule has 0 aliphatic carbocycles. The van der Waals surface area contributed by atoms with Gasteiger partial charge in [0.15, 0.2) is 0 Å². The molecule has 0 aliphatic heterocycles. The van der Waals surface area contributed by atoms with Crippen LogP contribution in [0.25, 0.3) is 0 Å². The molecule has 0 radical (unpaired) electrons. The topological polar surface area (TPSA) is 8.81 Å². The minimum atomic E-state index is 0. The van der Waals surface area contributed by atoms with Gasteiger partial charge >= 0.3 is 0 Å². The van der Waals surface area contributed by atoms with Crippen molar-refractivity contribution in [2.75, 3.05) is 0 Å². The zero-order valence-corrected chi connectivity index (χ0v) is 17.1. The summed E-state index contributed by atoms with van der Waals surface area (Å²) in [5.41, 5.74) is 0. The van der Waals surface area contributed by atoms with E-state index in [1.165, 1.54) is 90.1 Å². The second-order valence-electron chi connectivity index (χ2n) is 6.42. The third kappa shape index (κ3) is 11.5. The van der Waals surface area contributed by atoms with Crippen LogP contribution < -0.4 is 28.5 Å². The lowest BCUT2D eigenvalue weighted by Crippen LogP contribution is -3.00. The molecule has 0 bridgehead atoms.